The van der Waals surface area contributed by atoms with Gasteiger partial charge in [0.15, 0.2) is 0 Å². The maximum absolute atomic E-state index is 10.6. The van der Waals surface area contributed by atoms with Gasteiger partial charge < -0.3 is 5.11 Å². The molecule has 3 aliphatic rings. The quantitative estimate of drug-likeness (QED) is 0.673. The van der Waals surface area contributed by atoms with E-state index >= 15 is 0 Å². The van der Waals surface area contributed by atoms with Crippen LogP contribution in [0.4, 0.5) is 0 Å². The summed E-state index contributed by atoms with van der Waals surface area (Å²) in [5, 5.41) is 10.6. The summed E-state index contributed by atoms with van der Waals surface area (Å²) >= 11 is 0. The van der Waals surface area contributed by atoms with E-state index in [1.54, 1.807) is 0 Å². The van der Waals surface area contributed by atoms with Crippen molar-refractivity contribution in [3.8, 4) is 0 Å². The molecule has 16 heavy (non-hydrogen) atoms. The molecule has 0 radical (unpaired) electrons. The van der Waals surface area contributed by atoms with Crippen molar-refractivity contribution >= 4 is 0 Å². The van der Waals surface area contributed by atoms with Gasteiger partial charge in [-0.1, -0.05) is 26.0 Å². The van der Waals surface area contributed by atoms with Gasteiger partial charge in [0, 0.05) is 0 Å². The van der Waals surface area contributed by atoms with Crippen LogP contribution < -0.4 is 0 Å². The van der Waals surface area contributed by atoms with Gasteiger partial charge in [-0.3, -0.25) is 0 Å². The summed E-state index contributed by atoms with van der Waals surface area (Å²) in [6.45, 7) is 11.0. The molecule has 1 heteroatoms. The average Bonchev–Trinajstić information content (AvgIpc) is 2.77. The Balaban J connectivity index is 1.91. The van der Waals surface area contributed by atoms with E-state index in [1.165, 1.54) is 18.4 Å². The van der Waals surface area contributed by atoms with Crippen molar-refractivity contribution in [2.45, 2.75) is 45.6 Å². The molecule has 0 aromatic carbocycles. The van der Waals surface area contributed by atoms with E-state index in [1.807, 2.05) is 0 Å². The predicted molar refractivity (Wildman–Crippen MR) is 65.9 cm³/mol. The summed E-state index contributed by atoms with van der Waals surface area (Å²) in [6.07, 6.45) is 3.39. The van der Waals surface area contributed by atoms with Crippen molar-refractivity contribution in [1.82, 2.24) is 0 Å². The number of fused-ring (bicyclic) bond motifs is 3. The molecule has 1 nitrogen and oxygen atoms in total. The lowest BCUT2D eigenvalue weighted by molar-refractivity contribution is -0.00431. The second kappa shape index (κ2) is 3.13. The Morgan fingerprint density at radius 2 is 2.12 bits per heavy atom. The first-order chi connectivity index (χ1) is 7.43. The fourth-order valence-electron chi connectivity index (χ4n) is 4.97. The van der Waals surface area contributed by atoms with Crippen molar-refractivity contribution < 1.29 is 5.11 Å². The van der Waals surface area contributed by atoms with Gasteiger partial charge in [0.05, 0.1) is 5.60 Å². The highest BCUT2D eigenvalue weighted by molar-refractivity contribution is 5.24. The second-order valence-corrected chi connectivity index (χ2v) is 6.95. The lowest BCUT2D eigenvalue weighted by atomic mass is 9.74. The molecule has 6 atom stereocenters. The Morgan fingerprint density at radius 3 is 2.75 bits per heavy atom. The predicted octanol–water partition coefficient (Wildman–Crippen LogP) is 3.24. The van der Waals surface area contributed by atoms with Crippen LogP contribution in [0, 0.1) is 35.5 Å². The van der Waals surface area contributed by atoms with E-state index < -0.39 is 5.60 Å². The van der Waals surface area contributed by atoms with Crippen LogP contribution in [0.2, 0.25) is 0 Å². The maximum atomic E-state index is 10.6. The monoisotopic (exact) mass is 220 g/mol. The lowest BCUT2D eigenvalue weighted by Gasteiger charge is -2.34. The number of hydrogen-bond donors (Lipinski definition) is 1. The highest BCUT2D eigenvalue weighted by Crippen LogP contribution is 2.68. The summed E-state index contributed by atoms with van der Waals surface area (Å²) in [5.41, 5.74) is 1.02. The number of hydrogen-bond acceptors (Lipinski definition) is 1. The molecule has 3 rings (SSSR count). The van der Waals surface area contributed by atoms with Gasteiger partial charge in [0.2, 0.25) is 0 Å². The van der Waals surface area contributed by atoms with Crippen LogP contribution in [0.3, 0.4) is 0 Å². The first-order valence-electron chi connectivity index (χ1n) is 6.83. The molecule has 0 bridgehead atoms. The molecule has 0 aliphatic heterocycles. The van der Waals surface area contributed by atoms with Gasteiger partial charge in [-0.05, 0) is 61.7 Å². The van der Waals surface area contributed by atoms with Crippen LogP contribution in [0.1, 0.15) is 40.0 Å². The zero-order valence-corrected chi connectivity index (χ0v) is 10.7. The first kappa shape index (κ1) is 10.8. The first-order valence-corrected chi connectivity index (χ1v) is 6.83. The molecule has 1 N–H and O–H groups in total. The minimum atomic E-state index is -0.416. The largest absolute Gasteiger partial charge is 0.390 e. The van der Waals surface area contributed by atoms with Crippen molar-refractivity contribution in [2.75, 3.05) is 0 Å². The molecule has 90 valence electrons. The Hall–Kier alpha value is -0.300. The van der Waals surface area contributed by atoms with Crippen molar-refractivity contribution in [2.24, 2.45) is 35.5 Å². The number of rotatable bonds is 1. The van der Waals surface area contributed by atoms with E-state index in [-0.39, 0.29) is 0 Å². The van der Waals surface area contributed by atoms with Gasteiger partial charge in [0.25, 0.3) is 0 Å². The Bertz CT molecular complexity index is 328. The van der Waals surface area contributed by atoms with Crippen LogP contribution in [-0.2, 0) is 0 Å². The van der Waals surface area contributed by atoms with Crippen LogP contribution in [0.15, 0.2) is 12.2 Å². The maximum Gasteiger partial charge on any atom is 0.0656 e. The summed E-state index contributed by atoms with van der Waals surface area (Å²) in [7, 11) is 0. The normalized spacial score (nSPS) is 55.1. The molecule has 0 amide bonds. The molecule has 3 saturated carbocycles. The molecule has 3 aliphatic carbocycles. The van der Waals surface area contributed by atoms with E-state index in [0.29, 0.717) is 11.8 Å². The lowest BCUT2D eigenvalue weighted by Crippen LogP contribution is -2.36. The summed E-state index contributed by atoms with van der Waals surface area (Å²) in [6, 6.07) is 0. The van der Waals surface area contributed by atoms with Crippen molar-refractivity contribution in [3.63, 3.8) is 0 Å². The third-order valence-corrected chi connectivity index (χ3v) is 5.61. The molecule has 6 unspecified atom stereocenters. The fourth-order valence-corrected chi connectivity index (χ4v) is 4.97. The van der Waals surface area contributed by atoms with Crippen LogP contribution in [0.25, 0.3) is 0 Å². The zero-order valence-electron chi connectivity index (χ0n) is 10.7. The zero-order chi connectivity index (χ0) is 11.7. The number of allylic oxidation sites excluding steroid dienone is 1. The standard InChI is InChI=1S/C15H24O/c1-8(2)12-11-7-9(3)10-5-6-15(4,16)14(10)13(11)12/h8,10-14,16H,3,5-7H2,1-2,4H3. The van der Waals surface area contributed by atoms with E-state index in [2.05, 4.69) is 27.4 Å². The van der Waals surface area contributed by atoms with E-state index in [0.717, 1.165) is 30.1 Å². The third kappa shape index (κ3) is 1.27. The van der Waals surface area contributed by atoms with Crippen molar-refractivity contribution in [3.05, 3.63) is 12.2 Å². The molecular formula is C15H24O. The average molecular weight is 220 g/mol. The Labute approximate surface area is 98.9 Å². The van der Waals surface area contributed by atoms with Crippen LogP contribution in [0.5, 0.6) is 0 Å². The summed E-state index contributed by atoms with van der Waals surface area (Å²) < 4.78 is 0. The van der Waals surface area contributed by atoms with Crippen LogP contribution >= 0.6 is 0 Å². The minimum absolute atomic E-state index is 0.416. The molecule has 0 saturated heterocycles. The summed E-state index contributed by atoms with van der Waals surface area (Å²) in [5.74, 6) is 4.42. The minimum Gasteiger partial charge on any atom is -0.390 e. The Morgan fingerprint density at radius 1 is 1.44 bits per heavy atom. The molecule has 0 aromatic rings. The number of aliphatic hydroxyl groups is 1. The fraction of sp³-hybridized carbons (Fsp3) is 0.867. The van der Waals surface area contributed by atoms with E-state index in [9.17, 15) is 5.11 Å². The second-order valence-electron chi connectivity index (χ2n) is 6.95. The third-order valence-electron chi connectivity index (χ3n) is 5.61. The summed E-state index contributed by atoms with van der Waals surface area (Å²) in [4.78, 5) is 0. The van der Waals surface area contributed by atoms with Gasteiger partial charge in [-0.2, -0.15) is 0 Å². The molecule has 0 spiro atoms. The molecule has 0 aromatic heterocycles. The molecule has 3 fully saturated rings. The van der Waals surface area contributed by atoms with Crippen LogP contribution in [-0.4, -0.2) is 10.7 Å². The van der Waals surface area contributed by atoms with Gasteiger partial charge in [-0.15, -0.1) is 0 Å². The van der Waals surface area contributed by atoms with Gasteiger partial charge in [-0.25, -0.2) is 0 Å². The Kier molecular flexibility index (Phi) is 2.12. The topological polar surface area (TPSA) is 20.2 Å². The smallest absolute Gasteiger partial charge is 0.0656 e. The highest BCUT2D eigenvalue weighted by Gasteiger charge is 2.65. The SMILES string of the molecule is C=C1CC2C(C(C)C)C2C2C1CCC2(C)O. The van der Waals surface area contributed by atoms with Gasteiger partial charge >= 0.3 is 0 Å². The molecule has 0 heterocycles. The van der Waals surface area contributed by atoms with E-state index in [4.69, 9.17) is 0 Å². The van der Waals surface area contributed by atoms with Gasteiger partial charge in [0.1, 0.15) is 0 Å². The highest BCUT2D eigenvalue weighted by atomic mass is 16.3. The van der Waals surface area contributed by atoms with Crippen molar-refractivity contribution in [1.29, 1.82) is 0 Å². The molecular weight excluding hydrogens is 196 g/mol.